The van der Waals surface area contributed by atoms with Gasteiger partial charge in [-0.1, -0.05) is 20.4 Å². The van der Waals surface area contributed by atoms with Crippen LogP contribution < -0.4 is 5.56 Å². The quantitative estimate of drug-likeness (QED) is 0.805. The average molecular weight is 276 g/mol. The third-order valence-electron chi connectivity index (χ3n) is 3.71. The first-order chi connectivity index (χ1) is 9.32. The smallest absolute Gasteiger partial charge is 0.279 e. The number of aliphatic hydroxyl groups is 1. The Balaban J connectivity index is 2.21. The Morgan fingerprint density at radius 1 is 1.55 bits per heavy atom. The molecule has 3 heterocycles. The minimum atomic E-state index is -0.784. The Bertz CT molecular complexity index is 759. The van der Waals surface area contributed by atoms with Crippen molar-refractivity contribution >= 4 is 11.2 Å². The van der Waals surface area contributed by atoms with Crippen LogP contribution in [0.4, 0.5) is 0 Å². The maximum atomic E-state index is 11.8. The summed E-state index contributed by atoms with van der Waals surface area (Å²) in [6, 6.07) is 0. The molecule has 0 amide bonds. The van der Waals surface area contributed by atoms with Crippen molar-refractivity contribution in [2.45, 2.75) is 33.1 Å². The summed E-state index contributed by atoms with van der Waals surface area (Å²) in [5, 5.41) is 10.1. The Morgan fingerprint density at radius 2 is 2.25 bits per heavy atom. The van der Waals surface area contributed by atoms with E-state index in [1.54, 1.807) is 11.5 Å². The molecule has 2 N–H and O–H groups in total. The van der Waals surface area contributed by atoms with Crippen LogP contribution in [0, 0.1) is 12.3 Å². The van der Waals surface area contributed by atoms with E-state index in [-0.39, 0.29) is 11.1 Å². The molecule has 0 spiro atoms. The second-order valence-electron chi connectivity index (χ2n) is 5.64. The first-order valence-electron chi connectivity index (χ1n) is 6.29. The normalized spacial score (nSPS) is 25.1. The van der Waals surface area contributed by atoms with Crippen molar-refractivity contribution in [1.82, 2.24) is 19.5 Å². The number of nitrogens with zero attached hydrogens (tertiary/aromatic N) is 3. The molecule has 2 atom stereocenters. The summed E-state index contributed by atoms with van der Waals surface area (Å²) in [5.41, 5.74) is -0.197. The molecule has 0 saturated carbocycles. The molecule has 20 heavy (non-hydrogen) atoms. The first-order valence-corrected chi connectivity index (χ1v) is 6.29. The maximum Gasteiger partial charge on any atom is 0.279 e. The molecule has 0 aliphatic carbocycles. The molecule has 1 fully saturated rings. The fraction of sp³-hybridized carbons (Fsp3) is 0.462. The number of imidazole rings is 1. The highest BCUT2D eigenvalue weighted by Crippen LogP contribution is 2.46. The number of H-pyrrole nitrogens is 1. The van der Waals surface area contributed by atoms with Crippen LogP contribution in [0.3, 0.4) is 0 Å². The molecule has 1 aliphatic heterocycles. The highest BCUT2D eigenvalue weighted by molar-refractivity contribution is 5.69. The van der Waals surface area contributed by atoms with E-state index in [2.05, 4.69) is 21.5 Å². The van der Waals surface area contributed by atoms with E-state index in [1.165, 1.54) is 6.33 Å². The van der Waals surface area contributed by atoms with Crippen molar-refractivity contribution in [2.75, 3.05) is 0 Å². The zero-order chi connectivity index (χ0) is 14.7. The molecule has 0 bridgehead atoms. The molecule has 0 aromatic carbocycles. The van der Waals surface area contributed by atoms with Gasteiger partial charge in [-0.3, -0.25) is 9.36 Å². The summed E-state index contributed by atoms with van der Waals surface area (Å²) in [5.74, 6) is 0.808. The number of aromatic nitrogens is 4. The van der Waals surface area contributed by atoms with Crippen LogP contribution in [0.15, 0.2) is 23.5 Å². The number of hydrogen-bond acceptors (Lipinski definition) is 5. The third-order valence-corrected chi connectivity index (χ3v) is 3.71. The summed E-state index contributed by atoms with van der Waals surface area (Å²) in [4.78, 5) is 22.8. The number of aryl methyl sites for hydroxylation is 1. The van der Waals surface area contributed by atoms with Gasteiger partial charge in [-0.15, -0.1) is 0 Å². The van der Waals surface area contributed by atoms with Crippen LogP contribution in [0.1, 0.15) is 25.9 Å². The van der Waals surface area contributed by atoms with E-state index in [1.807, 2.05) is 13.8 Å². The Kier molecular flexibility index (Phi) is 2.52. The number of aliphatic hydroxyl groups excluding tert-OH is 1. The van der Waals surface area contributed by atoms with E-state index >= 15 is 0 Å². The van der Waals surface area contributed by atoms with Crippen LogP contribution in [0.5, 0.6) is 0 Å². The Hall–Kier alpha value is -2.15. The minimum Gasteiger partial charge on any atom is -0.472 e. The van der Waals surface area contributed by atoms with E-state index in [0.29, 0.717) is 17.2 Å². The maximum absolute atomic E-state index is 11.8. The van der Waals surface area contributed by atoms with Gasteiger partial charge < -0.3 is 14.8 Å². The third kappa shape index (κ3) is 1.59. The van der Waals surface area contributed by atoms with Gasteiger partial charge in [-0.05, 0) is 6.92 Å². The predicted molar refractivity (Wildman–Crippen MR) is 71.9 cm³/mol. The fourth-order valence-electron chi connectivity index (χ4n) is 2.53. The van der Waals surface area contributed by atoms with Gasteiger partial charge in [0.2, 0.25) is 0 Å². The zero-order valence-electron chi connectivity index (χ0n) is 11.5. The lowest BCUT2D eigenvalue weighted by molar-refractivity contribution is 0.0101. The van der Waals surface area contributed by atoms with Gasteiger partial charge in [0.05, 0.1) is 5.41 Å². The van der Waals surface area contributed by atoms with Gasteiger partial charge in [-0.2, -0.15) is 0 Å². The van der Waals surface area contributed by atoms with Crippen LogP contribution in [0.2, 0.25) is 0 Å². The molecule has 7 nitrogen and oxygen atoms in total. The van der Waals surface area contributed by atoms with Gasteiger partial charge in [0.25, 0.3) is 5.56 Å². The van der Waals surface area contributed by atoms with Crippen LogP contribution in [-0.4, -0.2) is 30.7 Å². The summed E-state index contributed by atoms with van der Waals surface area (Å²) in [6.45, 7) is 9.15. The average Bonchev–Trinajstić information content (AvgIpc) is 2.85. The number of ether oxygens (including phenoxy) is 1. The molecule has 2 aromatic heterocycles. The van der Waals surface area contributed by atoms with Crippen molar-refractivity contribution in [3.05, 3.63) is 34.8 Å². The van der Waals surface area contributed by atoms with Crippen molar-refractivity contribution in [2.24, 2.45) is 5.41 Å². The van der Waals surface area contributed by atoms with Crippen molar-refractivity contribution in [1.29, 1.82) is 0 Å². The minimum absolute atomic E-state index is 0.252. The second kappa shape index (κ2) is 3.92. The number of nitrogens with one attached hydrogen (secondary N) is 1. The Morgan fingerprint density at radius 3 is 2.85 bits per heavy atom. The topological polar surface area (TPSA) is 93.0 Å². The summed E-state index contributed by atoms with van der Waals surface area (Å²) in [6.07, 6.45) is 0.209. The number of fused-ring (bicyclic) bond motifs is 1. The lowest BCUT2D eigenvalue weighted by Gasteiger charge is -2.27. The SMILES string of the molecule is C=C1O[C@@H](n2cnc3c(=O)[nH]c(C)nc32)C(C)(C)[C@@H]1O. The second-order valence-corrected chi connectivity index (χ2v) is 5.64. The Labute approximate surface area is 114 Å². The monoisotopic (exact) mass is 276 g/mol. The van der Waals surface area contributed by atoms with Crippen LogP contribution in [-0.2, 0) is 4.74 Å². The molecular formula is C13H16N4O3. The van der Waals surface area contributed by atoms with Crippen molar-refractivity contribution < 1.29 is 9.84 Å². The van der Waals surface area contributed by atoms with Crippen LogP contribution in [0.25, 0.3) is 11.2 Å². The van der Waals surface area contributed by atoms with Gasteiger partial charge in [0.15, 0.2) is 17.4 Å². The fourth-order valence-corrected chi connectivity index (χ4v) is 2.53. The van der Waals surface area contributed by atoms with Crippen LogP contribution >= 0.6 is 0 Å². The lowest BCUT2D eigenvalue weighted by atomic mass is 9.86. The standard InChI is InChI=1S/C13H16N4O3/c1-6-9(18)13(3,4)12(20-6)17-5-14-8-10(17)15-7(2)16-11(8)19/h5,9,12,18H,1H2,2-4H3,(H,15,16,19)/t9-,12-/m1/s1. The summed E-state index contributed by atoms with van der Waals surface area (Å²) < 4.78 is 7.31. The van der Waals surface area contributed by atoms with E-state index in [9.17, 15) is 9.90 Å². The van der Waals surface area contributed by atoms with Crippen molar-refractivity contribution in [3.8, 4) is 0 Å². The van der Waals surface area contributed by atoms with Crippen molar-refractivity contribution in [3.63, 3.8) is 0 Å². The van der Waals surface area contributed by atoms with Gasteiger partial charge in [-0.25, -0.2) is 9.97 Å². The molecular weight excluding hydrogens is 260 g/mol. The van der Waals surface area contributed by atoms with E-state index < -0.39 is 17.7 Å². The molecule has 106 valence electrons. The highest BCUT2D eigenvalue weighted by atomic mass is 16.5. The summed E-state index contributed by atoms with van der Waals surface area (Å²) in [7, 11) is 0. The highest BCUT2D eigenvalue weighted by Gasteiger charge is 2.48. The zero-order valence-corrected chi connectivity index (χ0v) is 11.5. The predicted octanol–water partition coefficient (Wildman–Crippen LogP) is 0.858. The largest absolute Gasteiger partial charge is 0.472 e. The summed E-state index contributed by atoms with van der Waals surface area (Å²) >= 11 is 0. The molecule has 3 rings (SSSR count). The van der Waals surface area contributed by atoms with Gasteiger partial charge in [0, 0.05) is 0 Å². The number of rotatable bonds is 1. The molecule has 7 heteroatoms. The first kappa shape index (κ1) is 12.9. The molecule has 2 aromatic rings. The molecule has 1 saturated heterocycles. The van der Waals surface area contributed by atoms with Gasteiger partial charge >= 0.3 is 0 Å². The van der Waals surface area contributed by atoms with E-state index in [4.69, 9.17) is 4.74 Å². The van der Waals surface area contributed by atoms with E-state index in [0.717, 1.165) is 0 Å². The number of hydrogen-bond donors (Lipinski definition) is 2. The molecule has 1 aliphatic rings. The lowest BCUT2D eigenvalue weighted by Crippen LogP contribution is -2.31. The molecule has 0 unspecified atom stereocenters. The molecule has 0 radical (unpaired) electrons. The number of aromatic amines is 1. The van der Waals surface area contributed by atoms with Gasteiger partial charge in [0.1, 0.15) is 24.0 Å².